The molecule has 1 nitrogen and oxygen atoms in total. The van der Waals surface area contributed by atoms with Crippen LogP contribution < -0.4 is 5.32 Å². The van der Waals surface area contributed by atoms with E-state index < -0.39 is 0 Å². The first-order valence-electron chi connectivity index (χ1n) is 5.41. The molecule has 0 spiro atoms. The molecular weight excluding hydrogens is 241 g/mol. The van der Waals surface area contributed by atoms with Crippen LogP contribution in [0.1, 0.15) is 24.8 Å². The lowest BCUT2D eigenvalue weighted by atomic mass is 9.99. The van der Waals surface area contributed by atoms with E-state index >= 15 is 0 Å². The second-order valence-corrected chi connectivity index (χ2v) is 4.59. The molecule has 0 amide bonds. The number of allylic oxidation sites excluding steroid dienone is 1. The van der Waals surface area contributed by atoms with E-state index in [0.29, 0.717) is 16.0 Å². The smallest absolute Gasteiger partial charge is 0.0595 e. The van der Waals surface area contributed by atoms with Gasteiger partial charge >= 0.3 is 0 Å². The summed E-state index contributed by atoms with van der Waals surface area (Å²) >= 11 is 11.8. The van der Waals surface area contributed by atoms with Gasteiger partial charge in [-0.3, -0.25) is 0 Å². The van der Waals surface area contributed by atoms with Gasteiger partial charge in [0.15, 0.2) is 0 Å². The third-order valence-corrected chi connectivity index (χ3v) is 3.21. The molecule has 1 N–H and O–H groups in total. The Hall–Kier alpha value is -0.500. The van der Waals surface area contributed by atoms with Gasteiger partial charge in [-0.05, 0) is 43.5 Å². The van der Waals surface area contributed by atoms with E-state index in [9.17, 15) is 0 Å². The Morgan fingerprint density at radius 1 is 1.38 bits per heavy atom. The first-order valence-corrected chi connectivity index (χ1v) is 6.17. The van der Waals surface area contributed by atoms with Crippen LogP contribution in [0.2, 0.25) is 10.0 Å². The van der Waals surface area contributed by atoms with Gasteiger partial charge in [-0.1, -0.05) is 35.3 Å². The average molecular weight is 258 g/mol. The van der Waals surface area contributed by atoms with Crippen LogP contribution in [0.3, 0.4) is 0 Å². The summed E-state index contributed by atoms with van der Waals surface area (Å²) in [5.41, 5.74) is 1.29. The van der Waals surface area contributed by atoms with Gasteiger partial charge in [0.1, 0.15) is 0 Å². The van der Waals surface area contributed by atoms with Gasteiger partial charge in [-0.15, -0.1) is 6.58 Å². The zero-order valence-corrected chi connectivity index (χ0v) is 11.0. The highest BCUT2D eigenvalue weighted by Gasteiger charge is 2.16. The van der Waals surface area contributed by atoms with Crippen molar-refractivity contribution in [3.05, 3.63) is 46.5 Å². The molecule has 1 saturated heterocycles. The minimum atomic E-state index is 0.606. The minimum Gasteiger partial charge on any atom is -0.316 e. The second-order valence-electron chi connectivity index (χ2n) is 3.77. The topological polar surface area (TPSA) is 12.0 Å². The summed E-state index contributed by atoms with van der Waals surface area (Å²) in [7, 11) is 0. The van der Waals surface area contributed by atoms with Gasteiger partial charge < -0.3 is 5.32 Å². The molecule has 1 aliphatic rings. The molecule has 1 fully saturated rings. The van der Waals surface area contributed by atoms with Crippen molar-refractivity contribution in [2.45, 2.75) is 19.3 Å². The first kappa shape index (κ1) is 13.6. The summed E-state index contributed by atoms with van der Waals surface area (Å²) in [6.07, 6.45) is 2.94. The lowest BCUT2D eigenvalue weighted by Gasteiger charge is -2.09. The van der Waals surface area contributed by atoms with Crippen molar-refractivity contribution in [1.29, 1.82) is 0 Å². The molecular formula is C13H17Cl2N. The Morgan fingerprint density at radius 2 is 2.06 bits per heavy atom. The molecule has 1 aromatic rings. The Morgan fingerprint density at radius 3 is 2.56 bits per heavy atom. The largest absolute Gasteiger partial charge is 0.316 e. The van der Waals surface area contributed by atoms with Gasteiger partial charge in [0, 0.05) is 6.54 Å². The summed E-state index contributed by atoms with van der Waals surface area (Å²) in [4.78, 5) is 0. The Balaban J connectivity index is 0.000000386. The number of nitrogens with one attached hydrogen (secondary N) is 1. The lowest BCUT2D eigenvalue weighted by molar-refractivity contribution is 0.763. The molecule has 0 radical (unpaired) electrons. The average Bonchev–Trinajstić information content (AvgIpc) is 2.76. The van der Waals surface area contributed by atoms with Crippen molar-refractivity contribution in [2.24, 2.45) is 0 Å². The summed E-state index contributed by atoms with van der Waals surface area (Å²) < 4.78 is 0. The summed E-state index contributed by atoms with van der Waals surface area (Å²) in [6, 6.07) is 5.91. The van der Waals surface area contributed by atoms with E-state index in [0.717, 1.165) is 13.1 Å². The van der Waals surface area contributed by atoms with Crippen LogP contribution in [0.15, 0.2) is 30.9 Å². The molecule has 1 aromatic carbocycles. The van der Waals surface area contributed by atoms with Gasteiger partial charge in [-0.25, -0.2) is 0 Å². The van der Waals surface area contributed by atoms with Gasteiger partial charge in [0.05, 0.1) is 10.0 Å². The van der Waals surface area contributed by atoms with Crippen LogP contribution in [-0.4, -0.2) is 13.1 Å². The second kappa shape index (κ2) is 6.95. The number of rotatable bonds is 1. The van der Waals surface area contributed by atoms with Crippen molar-refractivity contribution in [3.8, 4) is 0 Å². The maximum atomic E-state index is 5.94. The fourth-order valence-corrected chi connectivity index (χ4v) is 2.01. The molecule has 1 atom stereocenters. The first-order chi connectivity index (χ1) is 7.69. The highest BCUT2D eigenvalue weighted by atomic mass is 35.5. The van der Waals surface area contributed by atoms with Crippen molar-refractivity contribution in [2.75, 3.05) is 13.1 Å². The lowest BCUT2D eigenvalue weighted by Crippen LogP contribution is -2.07. The van der Waals surface area contributed by atoms with Crippen molar-refractivity contribution < 1.29 is 0 Å². The predicted octanol–water partition coefficient (Wildman–Crippen LogP) is 4.26. The summed E-state index contributed by atoms with van der Waals surface area (Å²) in [5.74, 6) is 0.606. The number of benzene rings is 1. The molecule has 0 unspecified atom stereocenters. The SMILES string of the molecule is C=CC.Clc1ccc([C@@H]2CCNC2)cc1Cl. The van der Waals surface area contributed by atoms with Crippen LogP contribution in [0, 0.1) is 0 Å². The van der Waals surface area contributed by atoms with Crippen LogP contribution >= 0.6 is 23.2 Å². The number of hydrogen-bond donors (Lipinski definition) is 1. The molecule has 2 rings (SSSR count). The molecule has 0 aliphatic carbocycles. The fourth-order valence-electron chi connectivity index (χ4n) is 1.71. The van der Waals surface area contributed by atoms with E-state index in [4.69, 9.17) is 23.2 Å². The Kier molecular flexibility index (Phi) is 5.89. The highest BCUT2D eigenvalue weighted by Crippen LogP contribution is 2.28. The van der Waals surface area contributed by atoms with Gasteiger partial charge in [0.25, 0.3) is 0 Å². The molecule has 0 saturated carbocycles. The summed E-state index contributed by atoms with van der Waals surface area (Å²) in [5, 5.41) is 4.62. The standard InChI is InChI=1S/C10H11Cl2N.C3H6/c11-9-2-1-7(5-10(9)12)8-3-4-13-6-8;1-3-2/h1-2,5,8,13H,3-4,6H2;3H,1H2,2H3/t8-;/m1./s1. The van der Waals surface area contributed by atoms with E-state index in [1.54, 1.807) is 6.08 Å². The van der Waals surface area contributed by atoms with E-state index in [2.05, 4.69) is 18.0 Å². The summed E-state index contributed by atoms with van der Waals surface area (Å²) in [6.45, 7) is 7.41. The molecule has 1 aliphatic heterocycles. The zero-order chi connectivity index (χ0) is 12.0. The van der Waals surface area contributed by atoms with Crippen LogP contribution in [0.5, 0.6) is 0 Å². The maximum absolute atomic E-state index is 5.94. The number of hydrogen-bond acceptors (Lipinski definition) is 1. The van der Waals surface area contributed by atoms with Gasteiger partial charge in [-0.2, -0.15) is 0 Å². The normalized spacial score (nSPS) is 18.8. The fraction of sp³-hybridized carbons (Fsp3) is 0.385. The van der Waals surface area contributed by atoms with Crippen LogP contribution in [0.4, 0.5) is 0 Å². The quantitative estimate of drug-likeness (QED) is 0.742. The third kappa shape index (κ3) is 3.82. The molecule has 0 aromatic heterocycles. The molecule has 3 heteroatoms. The van der Waals surface area contributed by atoms with Crippen molar-refractivity contribution in [3.63, 3.8) is 0 Å². The Bertz CT molecular complexity index is 344. The molecule has 88 valence electrons. The van der Waals surface area contributed by atoms with Gasteiger partial charge in [0.2, 0.25) is 0 Å². The predicted molar refractivity (Wildman–Crippen MR) is 72.6 cm³/mol. The van der Waals surface area contributed by atoms with E-state index in [1.807, 2.05) is 19.1 Å². The van der Waals surface area contributed by atoms with Crippen molar-refractivity contribution in [1.82, 2.24) is 5.32 Å². The van der Waals surface area contributed by atoms with E-state index in [1.165, 1.54) is 12.0 Å². The highest BCUT2D eigenvalue weighted by molar-refractivity contribution is 6.42. The molecule has 0 bridgehead atoms. The van der Waals surface area contributed by atoms with E-state index in [-0.39, 0.29) is 0 Å². The number of halogens is 2. The molecule has 1 heterocycles. The van der Waals surface area contributed by atoms with Crippen LogP contribution in [-0.2, 0) is 0 Å². The minimum absolute atomic E-state index is 0.606. The zero-order valence-electron chi connectivity index (χ0n) is 9.47. The molecule has 16 heavy (non-hydrogen) atoms. The van der Waals surface area contributed by atoms with Crippen LogP contribution in [0.25, 0.3) is 0 Å². The monoisotopic (exact) mass is 257 g/mol. The van der Waals surface area contributed by atoms with Crippen molar-refractivity contribution >= 4 is 23.2 Å². The Labute approximate surface area is 107 Å². The maximum Gasteiger partial charge on any atom is 0.0595 e. The third-order valence-electron chi connectivity index (χ3n) is 2.48.